The van der Waals surface area contributed by atoms with Crippen molar-refractivity contribution in [1.82, 2.24) is 4.90 Å². The molecule has 1 aliphatic carbocycles. The van der Waals surface area contributed by atoms with E-state index in [0.717, 1.165) is 18.4 Å². The van der Waals surface area contributed by atoms with Gasteiger partial charge in [-0.05, 0) is 30.0 Å². The monoisotopic (exact) mass is 443 g/mol. The van der Waals surface area contributed by atoms with Crippen molar-refractivity contribution in [2.45, 2.75) is 37.2 Å². The van der Waals surface area contributed by atoms with Gasteiger partial charge in [-0.1, -0.05) is 31.7 Å². The highest BCUT2D eigenvalue weighted by Crippen LogP contribution is 2.43. The Labute approximate surface area is 175 Å². The summed E-state index contributed by atoms with van der Waals surface area (Å²) in [7, 11) is -1.27. The van der Waals surface area contributed by atoms with Gasteiger partial charge in [-0.3, -0.25) is 4.78 Å². The predicted octanol–water partition coefficient (Wildman–Crippen LogP) is 3.31. The van der Waals surface area contributed by atoms with Gasteiger partial charge in [-0.2, -0.15) is 13.2 Å². The minimum absolute atomic E-state index is 0.0235. The predicted molar refractivity (Wildman–Crippen MR) is 114 cm³/mol. The molecule has 30 heavy (non-hydrogen) atoms. The molecule has 0 amide bonds. The Balaban J connectivity index is 2.39. The number of nitrogens with two attached hydrogens (primary N) is 3. The lowest BCUT2D eigenvalue weighted by Crippen LogP contribution is -2.21. The van der Waals surface area contributed by atoms with Crippen LogP contribution in [0.15, 0.2) is 48.4 Å². The fourth-order valence-electron chi connectivity index (χ4n) is 2.87. The van der Waals surface area contributed by atoms with E-state index < -0.39 is 27.1 Å². The van der Waals surface area contributed by atoms with Crippen LogP contribution in [0.2, 0.25) is 0 Å². The standard InChI is InChI=1S/C20H28F3N5OS/c1-4-30(27,29)12-14-9-15(19(26)7-8-19)5-6-17(14)13(2)28(3)11-16(24)10-18(25)20(21,22)23/h5-6,9-11,27H,2,4,7-8,12,24-26H2,1,3H3/b16-11-,18-10-. The van der Waals surface area contributed by atoms with Crippen LogP contribution in [0.3, 0.4) is 0 Å². The summed E-state index contributed by atoms with van der Waals surface area (Å²) in [5.74, 6) is 0.219. The maximum atomic E-state index is 12.6. The maximum absolute atomic E-state index is 12.6. The molecular weight excluding hydrogens is 415 g/mol. The zero-order valence-electron chi connectivity index (χ0n) is 17.1. The van der Waals surface area contributed by atoms with Crippen molar-refractivity contribution in [1.29, 1.82) is 4.78 Å². The third-order valence-electron chi connectivity index (χ3n) is 5.05. The Morgan fingerprint density at radius 3 is 2.47 bits per heavy atom. The molecular formula is C20H28F3N5OS. The zero-order valence-corrected chi connectivity index (χ0v) is 17.9. The fourth-order valence-corrected chi connectivity index (χ4v) is 3.82. The van der Waals surface area contributed by atoms with E-state index in [1.165, 1.54) is 11.1 Å². The van der Waals surface area contributed by atoms with Crippen LogP contribution in [0.25, 0.3) is 5.70 Å². The van der Waals surface area contributed by atoms with E-state index in [0.29, 0.717) is 22.9 Å². The number of hydrogen-bond acceptors (Lipinski definition) is 6. The van der Waals surface area contributed by atoms with E-state index in [1.807, 2.05) is 12.1 Å². The van der Waals surface area contributed by atoms with Crippen molar-refractivity contribution in [3.05, 3.63) is 65.1 Å². The highest BCUT2D eigenvalue weighted by molar-refractivity contribution is 7.91. The molecule has 1 aromatic rings. The molecule has 1 fully saturated rings. The van der Waals surface area contributed by atoms with Gasteiger partial charge in [0.15, 0.2) is 0 Å². The van der Waals surface area contributed by atoms with Gasteiger partial charge in [0, 0.05) is 51.2 Å². The average molecular weight is 444 g/mol. The van der Waals surface area contributed by atoms with Gasteiger partial charge < -0.3 is 22.1 Å². The van der Waals surface area contributed by atoms with Crippen LogP contribution >= 0.6 is 0 Å². The topological polar surface area (TPSA) is 122 Å². The quantitative estimate of drug-likeness (QED) is 0.459. The molecule has 7 N–H and O–H groups in total. The molecule has 6 nitrogen and oxygen atoms in total. The molecule has 0 saturated heterocycles. The number of halogens is 3. The first-order valence-corrected chi connectivity index (χ1v) is 11.2. The van der Waals surface area contributed by atoms with E-state index in [1.54, 1.807) is 20.0 Å². The molecule has 10 heteroatoms. The second-order valence-corrected chi connectivity index (χ2v) is 10.0. The summed E-state index contributed by atoms with van der Waals surface area (Å²) in [6.07, 6.45) is -1.08. The zero-order chi connectivity index (χ0) is 22.9. The third-order valence-corrected chi connectivity index (χ3v) is 6.76. The number of nitrogens with zero attached hydrogens (tertiary/aromatic N) is 1. The highest BCUT2D eigenvalue weighted by atomic mass is 32.2. The van der Waals surface area contributed by atoms with Crippen molar-refractivity contribution in [3.63, 3.8) is 0 Å². The largest absolute Gasteiger partial charge is 0.430 e. The van der Waals surface area contributed by atoms with Gasteiger partial charge in [0.2, 0.25) is 0 Å². The van der Waals surface area contributed by atoms with Crippen molar-refractivity contribution in [2.75, 3.05) is 12.8 Å². The molecule has 1 saturated carbocycles. The Hall–Kier alpha value is -2.46. The highest BCUT2D eigenvalue weighted by Gasteiger charge is 2.40. The minimum atomic E-state index is -4.67. The molecule has 166 valence electrons. The Morgan fingerprint density at radius 2 is 1.97 bits per heavy atom. The van der Waals surface area contributed by atoms with Crippen molar-refractivity contribution in [2.24, 2.45) is 17.2 Å². The average Bonchev–Trinajstić information content (AvgIpc) is 3.38. The van der Waals surface area contributed by atoms with Crippen LogP contribution < -0.4 is 17.2 Å². The van der Waals surface area contributed by atoms with Crippen LogP contribution in [-0.2, 0) is 21.0 Å². The fraction of sp³-hybridized carbons (Fsp3) is 0.400. The first-order chi connectivity index (χ1) is 13.7. The third kappa shape index (κ3) is 5.79. The van der Waals surface area contributed by atoms with Crippen molar-refractivity contribution >= 4 is 15.4 Å². The Kier molecular flexibility index (Phi) is 6.63. The first-order valence-electron chi connectivity index (χ1n) is 9.29. The molecule has 0 spiro atoms. The molecule has 1 unspecified atom stereocenters. The second-order valence-electron chi connectivity index (χ2n) is 7.56. The Morgan fingerprint density at radius 1 is 1.37 bits per heavy atom. The molecule has 0 bridgehead atoms. The second kappa shape index (κ2) is 8.35. The summed E-state index contributed by atoms with van der Waals surface area (Å²) in [6, 6.07) is 5.49. The van der Waals surface area contributed by atoms with Crippen LogP contribution in [-0.4, -0.2) is 28.1 Å². The number of alkyl halides is 3. The summed E-state index contributed by atoms with van der Waals surface area (Å²) in [5, 5.41) is 0. The molecule has 0 radical (unpaired) electrons. The molecule has 1 atom stereocenters. The van der Waals surface area contributed by atoms with Gasteiger partial charge in [-0.15, -0.1) is 0 Å². The van der Waals surface area contributed by atoms with Crippen LogP contribution in [0.5, 0.6) is 0 Å². The lowest BCUT2D eigenvalue weighted by molar-refractivity contribution is -0.0927. The van der Waals surface area contributed by atoms with Crippen LogP contribution in [0, 0.1) is 4.78 Å². The lowest BCUT2D eigenvalue weighted by Gasteiger charge is -2.23. The molecule has 0 heterocycles. The summed E-state index contributed by atoms with van der Waals surface area (Å²) >= 11 is 0. The van der Waals surface area contributed by atoms with Crippen molar-refractivity contribution < 1.29 is 17.4 Å². The van der Waals surface area contributed by atoms with E-state index in [2.05, 4.69) is 6.58 Å². The van der Waals surface area contributed by atoms with Crippen LogP contribution in [0.1, 0.15) is 36.5 Å². The van der Waals surface area contributed by atoms with Crippen molar-refractivity contribution in [3.8, 4) is 0 Å². The number of hydrogen-bond donors (Lipinski definition) is 4. The Bertz CT molecular complexity index is 992. The molecule has 1 aromatic carbocycles. The van der Waals surface area contributed by atoms with Gasteiger partial charge in [0.05, 0.1) is 5.75 Å². The van der Waals surface area contributed by atoms with E-state index in [9.17, 15) is 17.4 Å². The molecule has 1 aliphatic rings. The molecule has 2 rings (SSSR count). The smallest absolute Gasteiger partial charge is 0.397 e. The minimum Gasteiger partial charge on any atom is -0.397 e. The van der Waals surface area contributed by atoms with Gasteiger partial charge in [0.1, 0.15) is 5.70 Å². The van der Waals surface area contributed by atoms with E-state index in [-0.39, 0.29) is 17.2 Å². The normalized spacial score (nSPS) is 18.6. The van der Waals surface area contributed by atoms with E-state index >= 15 is 0 Å². The molecule has 0 aliphatic heterocycles. The SMILES string of the molecule is C=C(c1ccc(C2(N)CC2)cc1CS(=N)(=O)CC)N(C)/C=C(N)/C=C(\N)C(F)(F)F. The number of nitrogens with one attached hydrogen (secondary N) is 1. The van der Waals surface area contributed by atoms with Gasteiger partial charge in [-0.25, -0.2) is 4.21 Å². The summed E-state index contributed by atoms with van der Waals surface area (Å²) in [4.78, 5) is 1.46. The lowest BCUT2D eigenvalue weighted by atomic mass is 9.97. The summed E-state index contributed by atoms with van der Waals surface area (Å²) in [5.41, 5.74) is 17.6. The van der Waals surface area contributed by atoms with Gasteiger partial charge in [0.25, 0.3) is 0 Å². The first kappa shape index (κ1) is 23.8. The maximum Gasteiger partial charge on any atom is 0.430 e. The number of benzene rings is 1. The van der Waals surface area contributed by atoms with Gasteiger partial charge >= 0.3 is 6.18 Å². The van der Waals surface area contributed by atoms with E-state index in [4.69, 9.17) is 22.0 Å². The van der Waals surface area contributed by atoms with Crippen LogP contribution in [0.4, 0.5) is 13.2 Å². The summed E-state index contributed by atoms with van der Waals surface area (Å²) in [6.45, 7) is 5.68. The number of rotatable bonds is 8. The summed E-state index contributed by atoms with van der Waals surface area (Å²) < 4.78 is 58.3. The molecule has 0 aromatic heterocycles. The number of allylic oxidation sites excluding steroid dienone is 2.